The molecular formula is C18H22N6O2S. The number of hydrogen-bond acceptors (Lipinski definition) is 6. The Kier molecular flexibility index (Phi) is 4.56. The van der Waals surface area contributed by atoms with Gasteiger partial charge in [-0.1, -0.05) is 30.3 Å². The highest BCUT2D eigenvalue weighted by molar-refractivity contribution is 7.88. The van der Waals surface area contributed by atoms with Crippen molar-refractivity contribution in [3.8, 4) is 0 Å². The number of nitrogens with zero attached hydrogens (tertiary/aromatic N) is 6. The maximum absolute atomic E-state index is 12.8. The van der Waals surface area contributed by atoms with Crippen LogP contribution in [0.1, 0.15) is 17.7 Å². The lowest BCUT2D eigenvalue weighted by Crippen LogP contribution is -2.39. The van der Waals surface area contributed by atoms with E-state index in [1.54, 1.807) is 11.6 Å². The third kappa shape index (κ3) is 3.52. The van der Waals surface area contributed by atoms with Crippen molar-refractivity contribution in [2.45, 2.75) is 25.1 Å². The summed E-state index contributed by atoms with van der Waals surface area (Å²) in [4.78, 5) is 10.7. The van der Waals surface area contributed by atoms with E-state index >= 15 is 0 Å². The van der Waals surface area contributed by atoms with Gasteiger partial charge in [-0.05, 0) is 18.9 Å². The number of hydrogen-bond donors (Lipinski definition) is 0. The highest BCUT2D eigenvalue weighted by Gasteiger charge is 2.33. The maximum atomic E-state index is 12.8. The molecule has 0 spiro atoms. The Morgan fingerprint density at radius 3 is 2.81 bits per heavy atom. The zero-order valence-electron chi connectivity index (χ0n) is 15.4. The molecule has 3 aromatic rings. The monoisotopic (exact) mass is 386 g/mol. The van der Waals surface area contributed by atoms with Gasteiger partial charge in [0, 0.05) is 37.9 Å². The molecule has 1 aromatic carbocycles. The second kappa shape index (κ2) is 6.90. The Balaban J connectivity index is 1.52. The minimum Gasteiger partial charge on any atom is -0.355 e. The standard InChI is InChI=1S/C18H22N6O2S/c1-14-10-17(24-18(21-14)19-13-20-24)23-9-8-16(11-23)22(2)27(25,26)12-15-6-4-3-5-7-15/h3-7,10,13,16H,8-9,11-12H2,1-2H3. The van der Waals surface area contributed by atoms with Crippen LogP contribution in [0.15, 0.2) is 42.7 Å². The Morgan fingerprint density at radius 2 is 2.04 bits per heavy atom. The van der Waals surface area contributed by atoms with Crippen LogP contribution in [0.5, 0.6) is 0 Å². The van der Waals surface area contributed by atoms with Crippen LogP contribution in [0, 0.1) is 6.92 Å². The fourth-order valence-electron chi connectivity index (χ4n) is 3.50. The topological polar surface area (TPSA) is 83.7 Å². The van der Waals surface area contributed by atoms with E-state index < -0.39 is 10.0 Å². The van der Waals surface area contributed by atoms with E-state index in [0.29, 0.717) is 12.3 Å². The zero-order valence-corrected chi connectivity index (χ0v) is 16.2. The predicted molar refractivity (Wildman–Crippen MR) is 103 cm³/mol. The van der Waals surface area contributed by atoms with Crippen LogP contribution in [0.2, 0.25) is 0 Å². The molecule has 8 nitrogen and oxygen atoms in total. The van der Waals surface area contributed by atoms with Crippen LogP contribution in [-0.2, 0) is 15.8 Å². The first kappa shape index (κ1) is 17.9. The number of fused-ring (bicyclic) bond motifs is 1. The van der Waals surface area contributed by atoms with Crippen molar-refractivity contribution >= 4 is 21.6 Å². The molecular weight excluding hydrogens is 364 g/mol. The van der Waals surface area contributed by atoms with Gasteiger partial charge in [-0.3, -0.25) is 0 Å². The Bertz CT molecular complexity index is 1050. The van der Waals surface area contributed by atoms with Gasteiger partial charge in [0.15, 0.2) is 0 Å². The molecule has 1 unspecified atom stereocenters. The van der Waals surface area contributed by atoms with E-state index in [9.17, 15) is 8.42 Å². The van der Waals surface area contributed by atoms with Crippen molar-refractivity contribution in [2.75, 3.05) is 25.0 Å². The lowest BCUT2D eigenvalue weighted by atomic mass is 10.2. The van der Waals surface area contributed by atoms with Crippen molar-refractivity contribution in [2.24, 2.45) is 0 Å². The Hall–Kier alpha value is -2.52. The van der Waals surface area contributed by atoms with Gasteiger partial charge in [0.05, 0.1) is 5.75 Å². The molecule has 0 amide bonds. The predicted octanol–water partition coefficient (Wildman–Crippen LogP) is 1.47. The first-order valence-electron chi connectivity index (χ1n) is 8.86. The van der Waals surface area contributed by atoms with E-state index in [0.717, 1.165) is 30.0 Å². The van der Waals surface area contributed by atoms with Gasteiger partial charge in [-0.25, -0.2) is 13.4 Å². The van der Waals surface area contributed by atoms with Gasteiger partial charge in [0.1, 0.15) is 12.1 Å². The molecule has 1 aliphatic heterocycles. The van der Waals surface area contributed by atoms with Crippen molar-refractivity contribution in [3.05, 3.63) is 54.0 Å². The van der Waals surface area contributed by atoms with Crippen LogP contribution < -0.4 is 4.90 Å². The second-order valence-electron chi connectivity index (χ2n) is 6.87. The van der Waals surface area contributed by atoms with E-state index in [1.807, 2.05) is 43.3 Å². The van der Waals surface area contributed by atoms with Crippen LogP contribution in [0.25, 0.3) is 5.78 Å². The van der Waals surface area contributed by atoms with Crippen LogP contribution >= 0.6 is 0 Å². The molecule has 0 aliphatic carbocycles. The average molecular weight is 386 g/mol. The highest BCUT2D eigenvalue weighted by atomic mass is 32.2. The highest BCUT2D eigenvalue weighted by Crippen LogP contribution is 2.25. The second-order valence-corrected chi connectivity index (χ2v) is 8.90. The van der Waals surface area contributed by atoms with Crippen molar-refractivity contribution in [1.29, 1.82) is 0 Å². The molecule has 1 aliphatic rings. The number of benzene rings is 1. The first-order valence-corrected chi connectivity index (χ1v) is 10.5. The molecule has 3 heterocycles. The van der Waals surface area contributed by atoms with E-state index in [-0.39, 0.29) is 11.8 Å². The van der Waals surface area contributed by atoms with Gasteiger partial charge < -0.3 is 4.90 Å². The number of rotatable bonds is 5. The molecule has 27 heavy (non-hydrogen) atoms. The molecule has 0 radical (unpaired) electrons. The quantitative estimate of drug-likeness (QED) is 0.660. The molecule has 1 saturated heterocycles. The third-order valence-corrected chi connectivity index (χ3v) is 6.87. The van der Waals surface area contributed by atoms with Gasteiger partial charge >= 0.3 is 0 Å². The molecule has 0 N–H and O–H groups in total. The smallest absolute Gasteiger partial charge is 0.254 e. The van der Waals surface area contributed by atoms with Gasteiger partial charge in [0.2, 0.25) is 10.0 Å². The van der Waals surface area contributed by atoms with Gasteiger partial charge in [0.25, 0.3) is 5.78 Å². The summed E-state index contributed by atoms with van der Waals surface area (Å²) in [5.41, 5.74) is 1.66. The lowest BCUT2D eigenvalue weighted by Gasteiger charge is -2.25. The normalized spacial score (nSPS) is 17.9. The van der Waals surface area contributed by atoms with Crippen molar-refractivity contribution in [1.82, 2.24) is 23.9 Å². The van der Waals surface area contributed by atoms with E-state index in [2.05, 4.69) is 20.0 Å². The maximum Gasteiger partial charge on any atom is 0.254 e. The number of anilines is 1. The van der Waals surface area contributed by atoms with Gasteiger partial charge in [-0.2, -0.15) is 18.9 Å². The van der Waals surface area contributed by atoms with Crippen molar-refractivity contribution < 1.29 is 8.42 Å². The Morgan fingerprint density at radius 1 is 1.26 bits per heavy atom. The van der Waals surface area contributed by atoms with Crippen molar-refractivity contribution in [3.63, 3.8) is 0 Å². The van der Waals surface area contributed by atoms with Gasteiger partial charge in [-0.15, -0.1) is 0 Å². The summed E-state index contributed by atoms with van der Waals surface area (Å²) in [5, 5.41) is 4.25. The minimum atomic E-state index is -3.38. The van der Waals surface area contributed by atoms with E-state index in [1.165, 1.54) is 10.6 Å². The van der Waals surface area contributed by atoms with Crippen LogP contribution in [0.4, 0.5) is 5.82 Å². The summed E-state index contributed by atoms with van der Waals surface area (Å²) in [6, 6.07) is 11.2. The molecule has 9 heteroatoms. The summed E-state index contributed by atoms with van der Waals surface area (Å²) in [6.45, 7) is 3.29. The molecule has 4 rings (SSSR count). The fourth-order valence-corrected chi connectivity index (χ4v) is 4.94. The summed E-state index contributed by atoms with van der Waals surface area (Å²) in [7, 11) is -1.71. The summed E-state index contributed by atoms with van der Waals surface area (Å²) in [6.07, 6.45) is 2.25. The molecule has 0 bridgehead atoms. The average Bonchev–Trinajstić information content (AvgIpc) is 3.30. The molecule has 142 valence electrons. The first-order chi connectivity index (χ1) is 12.9. The lowest BCUT2D eigenvalue weighted by molar-refractivity contribution is 0.389. The fraction of sp³-hybridized carbons (Fsp3) is 0.389. The SMILES string of the molecule is Cc1cc(N2CCC(N(C)S(=O)(=O)Cc3ccccc3)C2)n2ncnc2n1. The largest absolute Gasteiger partial charge is 0.355 e. The van der Waals surface area contributed by atoms with E-state index in [4.69, 9.17) is 0 Å². The summed E-state index contributed by atoms with van der Waals surface area (Å²) in [5.74, 6) is 1.47. The third-order valence-electron chi connectivity index (χ3n) is 4.99. The Labute approximate surface area is 158 Å². The minimum absolute atomic E-state index is 0.0164. The zero-order chi connectivity index (χ0) is 19.0. The van der Waals surface area contributed by atoms with Crippen LogP contribution in [0.3, 0.4) is 0 Å². The van der Waals surface area contributed by atoms with Crippen LogP contribution in [-0.4, -0.2) is 58.5 Å². The molecule has 1 fully saturated rings. The summed E-state index contributed by atoms with van der Waals surface area (Å²) < 4.78 is 28.9. The molecule has 2 aromatic heterocycles. The number of aryl methyl sites for hydroxylation is 1. The number of likely N-dealkylation sites (N-methyl/N-ethyl adjacent to an activating group) is 1. The molecule has 0 saturated carbocycles. The molecule has 1 atom stereocenters. The summed E-state index contributed by atoms with van der Waals surface area (Å²) >= 11 is 0. The number of aromatic nitrogens is 4. The number of sulfonamides is 1.